The molecular formula is C20H21N3O2. The molecular weight excluding hydrogens is 314 g/mol. The van der Waals surface area contributed by atoms with Crippen molar-refractivity contribution in [2.24, 2.45) is 0 Å². The molecule has 0 spiro atoms. The monoisotopic (exact) mass is 335 g/mol. The first-order valence-corrected chi connectivity index (χ1v) is 8.60. The van der Waals surface area contributed by atoms with Crippen molar-refractivity contribution in [2.45, 2.75) is 25.4 Å². The number of H-pyrrole nitrogens is 1. The summed E-state index contributed by atoms with van der Waals surface area (Å²) in [6.07, 6.45) is 2.26. The van der Waals surface area contributed by atoms with Gasteiger partial charge in [0.15, 0.2) is 0 Å². The lowest BCUT2D eigenvalue weighted by Crippen LogP contribution is -2.25. The number of rotatable bonds is 4. The SMILES string of the molecule is COc1ccc(C2CCCN2Cc2nc3ccccc3c(=O)[nH]2)cc1. The third kappa shape index (κ3) is 3.15. The number of methoxy groups -OCH3 is 1. The number of hydrogen-bond donors (Lipinski definition) is 1. The molecule has 1 saturated heterocycles. The molecule has 128 valence electrons. The van der Waals surface area contributed by atoms with E-state index in [2.05, 4.69) is 27.0 Å². The van der Waals surface area contributed by atoms with Gasteiger partial charge in [-0.3, -0.25) is 9.69 Å². The molecule has 0 radical (unpaired) electrons. The van der Waals surface area contributed by atoms with Gasteiger partial charge in [-0.05, 0) is 49.2 Å². The van der Waals surface area contributed by atoms with Gasteiger partial charge in [0.2, 0.25) is 0 Å². The lowest BCUT2D eigenvalue weighted by atomic mass is 10.0. The first-order valence-electron chi connectivity index (χ1n) is 8.60. The molecule has 1 aliphatic heterocycles. The largest absolute Gasteiger partial charge is 0.497 e. The van der Waals surface area contributed by atoms with Crippen LogP contribution < -0.4 is 10.3 Å². The number of nitrogens with one attached hydrogen (secondary N) is 1. The van der Waals surface area contributed by atoms with Gasteiger partial charge in [-0.25, -0.2) is 4.98 Å². The van der Waals surface area contributed by atoms with Gasteiger partial charge in [-0.2, -0.15) is 0 Å². The van der Waals surface area contributed by atoms with Gasteiger partial charge in [0.05, 0.1) is 24.6 Å². The number of ether oxygens (including phenoxy) is 1. The van der Waals surface area contributed by atoms with Crippen molar-refractivity contribution in [3.8, 4) is 5.75 Å². The number of fused-ring (bicyclic) bond motifs is 1. The molecule has 2 heterocycles. The highest BCUT2D eigenvalue weighted by Gasteiger charge is 2.26. The molecule has 0 aliphatic carbocycles. The number of hydrogen-bond acceptors (Lipinski definition) is 4. The van der Waals surface area contributed by atoms with Crippen molar-refractivity contribution in [1.29, 1.82) is 0 Å². The molecule has 1 unspecified atom stereocenters. The van der Waals surface area contributed by atoms with Crippen LogP contribution in [0, 0.1) is 0 Å². The maximum absolute atomic E-state index is 12.3. The summed E-state index contributed by atoms with van der Waals surface area (Å²) >= 11 is 0. The molecule has 0 bridgehead atoms. The van der Waals surface area contributed by atoms with Gasteiger partial charge >= 0.3 is 0 Å². The molecule has 5 heteroatoms. The van der Waals surface area contributed by atoms with Gasteiger partial charge in [-0.15, -0.1) is 0 Å². The fourth-order valence-corrected chi connectivity index (χ4v) is 3.62. The number of nitrogens with zero attached hydrogens (tertiary/aromatic N) is 2. The Bertz CT molecular complexity index is 934. The number of aromatic nitrogens is 2. The third-order valence-corrected chi connectivity index (χ3v) is 4.88. The summed E-state index contributed by atoms with van der Waals surface area (Å²) in [5.41, 5.74) is 1.96. The lowest BCUT2D eigenvalue weighted by Gasteiger charge is -2.24. The minimum Gasteiger partial charge on any atom is -0.497 e. The second-order valence-electron chi connectivity index (χ2n) is 6.43. The molecule has 1 aromatic heterocycles. The zero-order valence-electron chi connectivity index (χ0n) is 14.2. The predicted octanol–water partition coefficient (Wildman–Crippen LogP) is 3.27. The average molecular weight is 335 g/mol. The van der Waals surface area contributed by atoms with E-state index >= 15 is 0 Å². The summed E-state index contributed by atoms with van der Waals surface area (Å²) in [5, 5.41) is 0.638. The van der Waals surface area contributed by atoms with Crippen molar-refractivity contribution in [1.82, 2.24) is 14.9 Å². The third-order valence-electron chi connectivity index (χ3n) is 4.88. The molecule has 3 aromatic rings. The van der Waals surface area contributed by atoms with Crippen molar-refractivity contribution in [3.63, 3.8) is 0 Å². The lowest BCUT2D eigenvalue weighted by molar-refractivity contribution is 0.242. The molecule has 5 nitrogen and oxygen atoms in total. The van der Waals surface area contributed by atoms with E-state index in [1.165, 1.54) is 5.56 Å². The summed E-state index contributed by atoms with van der Waals surface area (Å²) in [7, 11) is 1.68. The van der Waals surface area contributed by atoms with Crippen LogP contribution in [0.5, 0.6) is 5.75 Å². The van der Waals surface area contributed by atoms with E-state index in [-0.39, 0.29) is 5.56 Å². The highest BCUT2D eigenvalue weighted by atomic mass is 16.5. The van der Waals surface area contributed by atoms with Crippen LogP contribution in [-0.2, 0) is 6.54 Å². The maximum atomic E-state index is 12.3. The molecule has 2 aromatic carbocycles. The summed E-state index contributed by atoms with van der Waals surface area (Å²) < 4.78 is 5.25. The Morgan fingerprint density at radius 1 is 1.20 bits per heavy atom. The molecule has 1 fully saturated rings. The minimum atomic E-state index is -0.0687. The van der Waals surface area contributed by atoms with Crippen LogP contribution in [0.3, 0.4) is 0 Å². The Kier molecular flexibility index (Phi) is 4.24. The van der Waals surface area contributed by atoms with Crippen LogP contribution in [0.15, 0.2) is 53.3 Å². The van der Waals surface area contributed by atoms with Crippen molar-refractivity contribution >= 4 is 10.9 Å². The summed E-state index contributed by atoms with van der Waals surface area (Å²) in [6, 6.07) is 16.1. The Balaban J connectivity index is 1.59. The summed E-state index contributed by atoms with van der Waals surface area (Å²) in [5.74, 6) is 1.60. The first-order chi connectivity index (χ1) is 12.2. The minimum absolute atomic E-state index is 0.0687. The topological polar surface area (TPSA) is 58.2 Å². The fourth-order valence-electron chi connectivity index (χ4n) is 3.62. The van der Waals surface area contributed by atoms with Gasteiger partial charge in [0.25, 0.3) is 5.56 Å². The van der Waals surface area contributed by atoms with E-state index in [0.29, 0.717) is 18.0 Å². The van der Waals surface area contributed by atoms with E-state index in [1.807, 2.05) is 30.3 Å². The van der Waals surface area contributed by atoms with Crippen LogP contribution in [0.25, 0.3) is 10.9 Å². The highest BCUT2D eigenvalue weighted by Crippen LogP contribution is 2.33. The Morgan fingerprint density at radius 3 is 2.80 bits per heavy atom. The number of para-hydroxylation sites is 1. The van der Waals surface area contributed by atoms with Gasteiger partial charge < -0.3 is 9.72 Å². The molecule has 0 saturated carbocycles. The number of likely N-dealkylation sites (tertiary alicyclic amines) is 1. The van der Waals surface area contributed by atoms with Crippen LogP contribution in [0.4, 0.5) is 0 Å². The van der Waals surface area contributed by atoms with Crippen LogP contribution in [0.2, 0.25) is 0 Å². The van der Waals surface area contributed by atoms with Crippen molar-refractivity contribution in [3.05, 3.63) is 70.3 Å². The molecule has 1 N–H and O–H groups in total. The van der Waals surface area contributed by atoms with Gasteiger partial charge in [0, 0.05) is 6.04 Å². The second kappa shape index (κ2) is 6.69. The summed E-state index contributed by atoms with van der Waals surface area (Å²) in [4.78, 5) is 22.2. The highest BCUT2D eigenvalue weighted by molar-refractivity contribution is 5.77. The van der Waals surface area contributed by atoms with Crippen LogP contribution >= 0.6 is 0 Å². The van der Waals surface area contributed by atoms with E-state index in [0.717, 1.165) is 36.5 Å². The first kappa shape index (κ1) is 15.8. The van der Waals surface area contributed by atoms with E-state index in [1.54, 1.807) is 13.2 Å². The van der Waals surface area contributed by atoms with Crippen LogP contribution in [-0.4, -0.2) is 28.5 Å². The maximum Gasteiger partial charge on any atom is 0.258 e. The molecule has 0 amide bonds. The van der Waals surface area contributed by atoms with Gasteiger partial charge in [0.1, 0.15) is 11.6 Å². The second-order valence-corrected chi connectivity index (χ2v) is 6.43. The smallest absolute Gasteiger partial charge is 0.258 e. The zero-order chi connectivity index (χ0) is 17.2. The van der Waals surface area contributed by atoms with E-state index in [9.17, 15) is 4.79 Å². The standard InChI is InChI=1S/C20H21N3O2/c1-25-15-10-8-14(9-11-15)18-7-4-12-23(18)13-19-21-17-6-3-2-5-16(17)20(24)22-19/h2-3,5-6,8-11,18H,4,7,12-13H2,1H3,(H,21,22,24). The normalized spacial score (nSPS) is 17.9. The molecule has 1 atom stereocenters. The Labute approximate surface area is 146 Å². The average Bonchev–Trinajstić information content (AvgIpc) is 3.10. The Hall–Kier alpha value is -2.66. The Morgan fingerprint density at radius 2 is 2.00 bits per heavy atom. The molecule has 25 heavy (non-hydrogen) atoms. The quantitative estimate of drug-likeness (QED) is 0.795. The zero-order valence-corrected chi connectivity index (χ0v) is 14.2. The molecule has 1 aliphatic rings. The van der Waals surface area contributed by atoms with Crippen molar-refractivity contribution in [2.75, 3.05) is 13.7 Å². The fraction of sp³-hybridized carbons (Fsp3) is 0.300. The van der Waals surface area contributed by atoms with Gasteiger partial charge in [-0.1, -0.05) is 24.3 Å². The van der Waals surface area contributed by atoms with E-state index < -0.39 is 0 Å². The van der Waals surface area contributed by atoms with Crippen molar-refractivity contribution < 1.29 is 4.74 Å². The van der Waals surface area contributed by atoms with E-state index in [4.69, 9.17) is 4.74 Å². The molecule has 4 rings (SSSR count). The number of aromatic amines is 1. The predicted molar refractivity (Wildman–Crippen MR) is 97.7 cm³/mol. The summed E-state index contributed by atoms with van der Waals surface area (Å²) in [6.45, 7) is 1.66. The van der Waals surface area contributed by atoms with Crippen LogP contribution in [0.1, 0.15) is 30.3 Å². The number of benzene rings is 2.